The molecule has 1 N–H and O–H groups in total. The maximum Gasteiger partial charge on any atom is 0.126 e. The van der Waals surface area contributed by atoms with Gasteiger partial charge in [-0.15, -0.1) is 11.6 Å². The second-order valence-electron chi connectivity index (χ2n) is 4.54. The number of halogens is 1. The van der Waals surface area contributed by atoms with E-state index in [1.165, 1.54) is 0 Å². The van der Waals surface area contributed by atoms with Gasteiger partial charge in [-0.3, -0.25) is 0 Å². The topological polar surface area (TPSA) is 24.9 Å². The highest BCUT2D eigenvalue weighted by molar-refractivity contribution is 6.18. The minimum Gasteiger partial charge on any atom is -0.366 e. The van der Waals surface area contributed by atoms with Crippen molar-refractivity contribution in [1.82, 2.24) is 4.98 Å². The summed E-state index contributed by atoms with van der Waals surface area (Å²) >= 11 is 5.94. The molecule has 0 bridgehead atoms. The van der Waals surface area contributed by atoms with Crippen LogP contribution in [0.15, 0.2) is 36.4 Å². The average molecular weight is 249 g/mol. The number of nitrogens with zero attached hydrogens (tertiary/aromatic N) is 1. The van der Waals surface area contributed by atoms with Crippen LogP contribution < -0.4 is 5.32 Å². The van der Waals surface area contributed by atoms with Crippen LogP contribution in [0.5, 0.6) is 0 Å². The number of hydrogen-bond acceptors (Lipinski definition) is 2. The van der Waals surface area contributed by atoms with E-state index >= 15 is 0 Å². The largest absolute Gasteiger partial charge is 0.366 e. The molecule has 0 aliphatic carbocycles. The number of hydrogen-bond donors (Lipinski definition) is 1. The van der Waals surface area contributed by atoms with Gasteiger partial charge in [0.25, 0.3) is 0 Å². The van der Waals surface area contributed by atoms with Crippen molar-refractivity contribution >= 4 is 28.3 Å². The van der Waals surface area contributed by atoms with Crippen molar-refractivity contribution in [1.29, 1.82) is 0 Å². The van der Waals surface area contributed by atoms with Gasteiger partial charge in [-0.2, -0.15) is 0 Å². The summed E-state index contributed by atoms with van der Waals surface area (Å²) in [4.78, 5) is 4.58. The highest BCUT2D eigenvalue weighted by Crippen LogP contribution is 2.17. The van der Waals surface area contributed by atoms with E-state index in [1.807, 2.05) is 24.3 Å². The number of nitrogens with one attached hydrogen (secondary N) is 1. The molecule has 17 heavy (non-hydrogen) atoms. The first-order valence-electron chi connectivity index (χ1n) is 5.89. The van der Waals surface area contributed by atoms with E-state index in [4.69, 9.17) is 11.6 Å². The molecule has 0 amide bonds. The number of alkyl halides is 1. The second kappa shape index (κ2) is 5.37. The molecule has 0 saturated heterocycles. The second-order valence-corrected chi connectivity index (χ2v) is 4.85. The highest BCUT2D eigenvalue weighted by atomic mass is 35.5. The summed E-state index contributed by atoms with van der Waals surface area (Å²) in [6.45, 7) is 4.31. The molecule has 2 aromatic rings. The Morgan fingerprint density at radius 2 is 1.94 bits per heavy atom. The van der Waals surface area contributed by atoms with Crippen molar-refractivity contribution in [3.8, 4) is 0 Å². The number of fused-ring (bicyclic) bond motifs is 1. The lowest BCUT2D eigenvalue weighted by molar-refractivity contribution is 0.563. The van der Waals surface area contributed by atoms with E-state index < -0.39 is 0 Å². The Morgan fingerprint density at radius 1 is 1.18 bits per heavy atom. The Hall–Kier alpha value is -1.28. The van der Waals surface area contributed by atoms with Crippen molar-refractivity contribution < 1.29 is 0 Å². The van der Waals surface area contributed by atoms with Gasteiger partial charge in [-0.05, 0) is 24.1 Å². The van der Waals surface area contributed by atoms with Crippen LogP contribution in [0.25, 0.3) is 10.9 Å². The normalized spacial score (nSPS) is 12.9. The van der Waals surface area contributed by atoms with Crippen LogP contribution >= 0.6 is 11.6 Å². The monoisotopic (exact) mass is 248 g/mol. The van der Waals surface area contributed by atoms with Crippen LogP contribution in [0.1, 0.15) is 13.8 Å². The molecule has 0 radical (unpaired) electrons. The molecular formula is C14H17ClN2. The Bertz CT molecular complexity index is 496. The molecule has 1 aromatic carbocycles. The van der Waals surface area contributed by atoms with E-state index in [2.05, 4.69) is 36.3 Å². The summed E-state index contributed by atoms with van der Waals surface area (Å²) in [5, 5.41) is 4.53. The van der Waals surface area contributed by atoms with Gasteiger partial charge in [-0.1, -0.05) is 32.0 Å². The highest BCUT2D eigenvalue weighted by Gasteiger charge is 2.12. The summed E-state index contributed by atoms with van der Waals surface area (Å²) in [6.07, 6.45) is 0. The lowest BCUT2D eigenvalue weighted by Gasteiger charge is -2.20. The zero-order valence-corrected chi connectivity index (χ0v) is 10.9. The minimum absolute atomic E-state index is 0.255. The van der Waals surface area contributed by atoms with Gasteiger partial charge in [-0.25, -0.2) is 4.98 Å². The summed E-state index contributed by atoms with van der Waals surface area (Å²) in [5.74, 6) is 1.97. The van der Waals surface area contributed by atoms with Crippen LogP contribution in [0.3, 0.4) is 0 Å². The number of pyridine rings is 1. The van der Waals surface area contributed by atoms with Gasteiger partial charge in [0.15, 0.2) is 0 Å². The van der Waals surface area contributed by atoms with Crippen LogP contribution in [-0.4, -0.2) is 16.9 Å². The van der Waals surface area contributed by atoms with Crippen molar-refractivity contribution in [3.63, 3.8) is 0 Å². The fourth-order valence-electron chi connectivity index (χ4n) is 1.72. The predicted octanol–water partition coefficient (Wildman–Crippen LogP) is 3.91. The van der Waals surface area contributed by atoms with E-state index in [0.29, 0.717) is 11.8 Å². The van der Waals surface area contributed by atoms with Gasteiger partial charge in [0.05, 0.1) is 5.52 Å². The number of aromatic nitrogens is 1. The van der Waals surface area contributed by atoms with Gasteiger partial charge < -0.3 is 5.32 Å². The summed E-state index contributed by atoms with van der Waals surface area (Å²) in [6, 6.07) is 12.4. The smallest absolute Gasteiger partial charge is 0.126 e. The molecule has 1 atom stereocenters. The molecule has 0 fully saturated rings. The van der Waals surface area contributed by atoms with Crippen molar-refractivity contribution in [2.75, 3.05) is 11.2 Å². The molecule has 2 rings (SSSR count). The van der Waals surface area contributed by atoms with E-state index in [9.17, 15) is 0 Å². The number of para-hydroxylation sites is 1. The summed E-state index contributed by atoms with van der Waals surface area (Å²) in [7, 11) is 0. The third kappa shape index (κ3) is 2.89. The Morgan fingerprint density at radius 3 is 2.65 bits per heavy atom. The lowest BCUT2D eigenvalue weighted by atomic mass is 10.1. The molecule has 2 nitrogen and oxygen atoms in total. The van der Waals surface area contributed by atoms with Crippen LogP contribution in [-0.2, 0) is 0 Å². The number of anilines is 1. The summed E-state index contributed by atoms with van der Waals surface area (Å²) < 4.78 is 0. The standard InChI is InChI=1S/C14H17ClN2/c1-10(2)13(9-15)17-14-8-7-11-5-3-4-6-12(11)16-14/h3-8,10,13H,9H2,1-2H3,(H,16,17). The van der Waals surface area contributed by atoms with Gasteiger partial charge in [0.2, 0.25) is 0 Å². The predicted molar refractivity (Wildman–Crippen MR) is 74.7 cm³/mol. The van der Waals surface area contributed by atoms with Gasteiger partial charge in [0, 0.05) is 17.3 Å². The van der Waals surface area contributed by atoms with Crippen LogP contribution in [0, 0.1) is 5.92 Å². The lowest BCUT2D eigenvalue weighted by Crippen LogP contribution is -2.27. The quantitative estimate of drug-likeness (QED) is 0.830. The molecular weight excluding hydrogens is 232 g/mol. The first-order valence-corrected chi connectivity index (χ1v) is 6.42. The summed E-state index contributed by atoms with van der Waals surface area (Å²) in [5.41, 5.74) is 1.01. The van der Waals surface area contributed by atoms with Crippen molar-refractivity contribution in [3.05, 3.63) is 36.4 Å². The minimum atomic E-state index is 0.255. The first kappa shape index (κ1) is 12.2. The number of rotatable bonds is 4. The van der Waals surface area contributed by atoms with Crippen molar-refractivity contribution in [2.24, 2.45) is 5.92 Å². The zero-order valence-electron chi connectivity index (χ0n) is 10.2. The Balaban J connectivity index is 2.24. The maximum absolute atomic E-state index is 5.94. The first-order chi connectivity index (χ1) is 8.20. The molecule has 0 aliphatic rings. The molecule has 1 aromatic heterocycles. The molecule has 3 heteroatoms. The van der Waals surface area contributed by atoms with Crippen LogP contribution in [0.4, 0.5) is 5.82 Å². The molecule has 90 valence electrons. The molecule has 1 unspecified atom stereocenters. The SMILES string of the molecule is CC(C)C(CCl)Nc1ccc2ccccc2n1. The maximum atomic E-state index is 5.94. The van der Waals surface area contributed by atoms with Crippen molar-refractivity contribution in [2.45, 2.75) is 19.9 Å². The van der Waals surface area contributed by atoms with E-state index in [-0.39, 0.29) is 6.04 Å². The van der Waals surface area contributed by atoms with Gasteiger partial charge in [0.1, 0.15) is 5.82 Å². The fourth-order valence-corrected chi connectivity index (χ4v) is 2.15. The molecule has 0 saturated carbocycles. The Labute approximate surface area is 107 Å². The van der Waals surface area contributed by atoms with Crippen LogP contribution in [0.2, 0.25) is 0 Å². The molecule has 0 spiro atoms. The third-order valence-electron chi connectivity index (χ3n) is 2.90. The number of benzene rings is 1. The zero-order chi connectivity index (χ0) is 12.3. The molecule has 1 heterocycles. The van der Waals surface area contributed by atoms with E-state index in [1.54, 1.807) is 0 Å². The third-order valence-corrected chi connectivity index (χ3v) is 3.24. The van der Waals surface area contributed by atoms with E-state index in [0.717, 1.165) is 16.7 Å². The average Bonchev–Trinajstić information content (AvgIpc) is 2.35. The van der Waals surface area contributed by atoms with Gasteiger partial charge >= 0.3 is 0 Å². The molecule has 0 aliphatic heterocycles. The Kier molecular flexibility index (Phi) is 3.85. The fraction of sp³-hybridized carbons (Fsp3) is 0.357.